The second-order valence-electron chi connectivity index (χ2n) is 5.56. The van der Waals surface area contributed by atoms with Crippen LogP contribution in [0, 0.1) is 0 Å². The summed E-state index contributed by atoms with van der Waals surface area (Å²) in [7, 11) is 0. The van der Waals surface area contributed by atoms with Gasteiger partial charge in [-0.25, -0.2) is 0 Å². The Labute approximate surface area is 162 Å². The molecule has 5 nitrogen and oxygen atoms in total. The number of fused-ring (bicyclic) bond motifs is 1. The number of nitrogens with one attached hydrogen (secondary N) is 1. The van der Waals surface area contributed by atoms with Crippen LogP contribution in [-0.4, -0.2) is 25.7 Å². The first-order valence-electron chi connectivity index (χ1n) is 7.79. The molecule has 0 spiro atoms. The summed E-state index contributed by atoms with van der Waals surface area (Å²) < 4.78 is 18.4. The lowest BCUT2D eigenvalue weighted by Crippen LogP contribution is -2.31. The van der Waals surface area contributed by atoms with Gasteiger partial charge in [-0.1, -0.05) is 22.0 Å². The molecule has 1 aliphatic rings. The smallest absolute Gasteiger partial charge is 0.258 e. The van der Waals surface area contributed by atoms with Crippen LogP contribution in [-0.2, 0) is 4.79 Å². The summed E-state index contributed by atoms with van der Waals surface area (Å²) in [5.41, 5.74) is 0.947. The van der Waals surface area contributed by atoms with Gasteiger partial charge >= 0.3 is 0 Å². The van der Waals surface area contributed by atoms with Gasteiger partial charge in [-0.15, -0.1) is 0 Å². The van der Waals surface area contributed by atoms with E-state index in [1.165, 1.54) is 0 Å². The summed E-state index contributed by atoms with van der Waals surface area (Å²) >= 11 is 6.78. The van der Waals surface area contributed by atoms with Crippen LogP contribution < -0.4 is 19.5 Å². The molecule has 1 amide bonds. The van der Waals surface area contributed by atoms with E-state index in [0.29, 0.717) is 24.7 Å². The lowest BCUT2D eigenvalue weighted by Gasteiger charge is -2.21. The van der Waals surface area contributed by atoms with Crippen molar-refractivity contribution in [3.8, 4) is 17.2 Å². The van der Waals surface area contributed by atoms with E-state index in [0.717, 1.165) is 20.3 Å². The molecule has 25 heavy (non-hydrogen) atoms. The third kappa shape index (κ3) is 4.67. The summed E-state index contributed by atoms with van der Waals surface area (Å²) in [5.74, 6) is 1.86. The van der Waals surface area contributed by atoms with E-state index >= 15 is 0 Å². The molecule has 2 aromatic carbocycles. The molecule has 7 heteroatoms. The van der Waals surface area contributed by atoms with Crippen LogP contribution in [0.15, 0.2) is 45.3 Å². The van der Waals surface area contributed by atoms with Crippen LogP contribution >= 0.6 is 31.9 Å². The van der Waals surface area contributed by atoms with Gasteiger partial charge in [0.05, 0.1) is 10.5 Å². The zero-order valence-electron chi connectivity index (χ0n) is 13.6. The zero-order chi connectivity index (χ0) is 17.8. The van der Waals surface area contributed by atoms with Gasteiger partial charge in [0.25, 0.3) is 5.91 Å². The van der Waals surface area contributed by atoms with E-state index in [9.17, 15) is 4.79 Å². The third-order valence-electron chi connectivity index (χ3n) is 3.70. The molecular formula is C18H17Br2NO4. The number of ether oxygens (including phenoxy) is 3. The van der Waals surface area contributed by atoms with E-state index in [4.69, 9.17) is 14.2 Å². The number of hydrogen-bond acceptors (Lipinski definition) is 4. The van der Waals surface area contributed by atoms with E-state index in [-0.39, 0.29) is 18.6 Å². The molecule has 2 aromatic rings. The molecule has 132 valence electrons. The van der Waals surface area contributed by atoms with E-state index in [1.807, 2.05) is 37.3 Å². The van der Waals surface area contributed by atoms with Crippen molar-refractivity contribution in [3.05, 3.63) is 50.9 Å². The predicted molar refractivity (Wildman–Crippen MR) is 101 cm³/mol. The minimum atomic E-state index is -0.197. The van der Waals surface area contributed by atoms with Crippen molar-refractivity contribution >= 4 is 37.8 Å². The first kappa shape index (κ1) is 18.1. The highest BCUT2D eigenvalue weighted by atomic mass is 79.9. The number of amides is 1. The maximum absolute atomic E-state index is 12.2. The van der Waals surface area contributed by atoms with Gasteiger partial charge in [0.1, 0.15) is 19.0 Å². The highest BCUT2D eigenvalue weighted by Crippen LogP contribution is 2.32. The Balaban J connectivity index is 1.57. The summed E-state index contributed by atoms with van der Waals surface area (Å²) in [5, 5.41) is 2.92. The predicted octanol–water partition coefficient (Wildman–Crippen LogP) is 4.24. The molecule has 1 atom stereocenters. The van der Waals surface area contributed by atoms with Gasteiger partial charge < -0.3 is 19.5 Å². The van der Waals surface area contributed by atoms with Crippen molar-refractivity contribution in [2.24, 2.45) is 0 Å². The minimum absolute atomic E-state index is 0.0604. The van der Waals surface area contributed by atoms with Gasteiger partial charge in [-0.2, -0.15) is 0 Å². The Kier molecular flexibility index (Phi) is 5.86. The molecule has 1 aliphatic heterocycles. The number of carbonyl (C=O) groups excluding carboxylic acids is 1. The summed E-state index contributed by atoms with van der Waals surface area (Å²) in [6, 6.07) is 11.0. The van der Waals surface area contributed by atoms with Crippen LogP contribution in [0.3, 0.4) is 0 Å². The first-order chi connectivity index (χ1) is 12.0. The molecule has 0 saturated heterocycles. The van der Waals surface area contributed by atoms with Gasteiger partial charge in [0.2, 0.25) is 0 Å². The highest BCUT2D eigenvalue weighted by Gasteiger charge is 2.16. The van der Waals surface area contributed by atoms with Crippen molar-refractivity contribution in [1.82, 2.24) is 5.32 Å². The Bertz CT molecular complexity index is 782. The van der Waals surface area contributed by atoms with Crippen LogP contribution in [0.1, 0.15) is 18.5 Å². The molecule has 0 bridgehead atoms. The lowest BCUT2D eigenvalue weighted by molar-refractivity contribution is -0.123. The average molecular weight is 471 g/mol. The largest absolute Gasteiger partial charge is 0.486 e. The van der Waals surface area contributed by atoms with Crippen LogP contribution in [0.5, 0.6) is 17.2 Å². The Morgan fingerprint density at radius 1 is 1.16 bits per heavy atom. The number of hydrogen-bond donors (Lipinski definition) is 1. The van der Waals surface area contributed by atoms with Gasteiger partial charge in [-0.05, 0) is 58.7 Å². The standard InChI is InChI=1S/C18H17Br2NO4/c1-11(12-2-4-16-17(8-12)24-7-6-23-16)21-18(22)10-25-15-5-3-13(19)9-14(15)20/h2-5,8-9,11H,6-7,10H2,1H3,(H,21,22). The third-order valence-corrected chi connectivity index (χ3v) is 4.81. The summed E-state index contributed by atoms with van der Waals surface area (Å²) in [6.45, 7) is 2.95. The van der Waals surface area contributed by atoms with Gasteiger partial charge in [0, 0.05) is 4.47 Å². The van der Waals surface area contributed by atoms with Crippen LogP contribution in [0.2, 0.25) is 0 Å². The molecule has 3 rings (SSSR count). The number of carbonyl (C=O) groups is 1. The highest BCUT2D eigenvalue weighted by molar-refractivity contribution is 9.11. The van der Waals surface area contributed by atoms with E-state index in [1.54, 1.807) is 6.07 Å². The fraction of sp³-hybridized carbons (Fsp3) is 0.278. The van der Waals surface area contributed by atoms with Gasteiger partial charge in [-0.3, -0.25) is 4.79 Å². The SMILES string of the molecule is CC(NC(=O)COc1ccc(Br)cc1Br)c1ccc2c(c1)OCCO2. The van der Waals surface area contributed by atoms with Crippen LogP contribution in [0.25, 0.3) is 0 Å². The lowest BCUT2D eigenvalue weighted by atomic mass is 10.1. The number of rotatable bonds is 5. The summed E-state index contributed by atoms with van der Waals surface area (Å²) in [4.78, 5) is 12.2. The second kappa shape index (κ2) is 8.10. The van der Waals surface area contributed by atoms with E-state index in [2.05, 4.69) is 37.2 Å². The molecule has 0 radical (unpaired) electrons. The topological polar surface area (TPSA) is 56.8 Å². The van der Waals surface area contributed by atoms with E-state index < -0.39 is 0 Å². The molecular weight excluding hydrogens is 454 g/mol. The van der Waals surface area contributed by atoms with Gasteiger partial charge in [0.15, 0.2) is 18.1 Å². The summed E-state index contributed by atoms with van der Waals surface area (Å²) in [6.07, 6.45) is 0. The van der Waals surface area contributed by atoms with Crippen LogP contribution in [0.4, 0.5) is 0 Å². The molecule has 0 saturated carbocycles. The second-order valence-corrected chi connectivity index (χ2v) is 7.33. The zero-order valence-corrected chi connectivity index (χ0v) is 16.7. The average Bonchev–Trinajstić information content (AvgIpc) is 2.60. The fourth-order valence-corrected chi connectivity index (χ4v) is 3.59. The molecule has 0 fully saturated rings. The molecule has 1 N–H and O–H groups in total. The monoisotopic (exact) mass is 469 g/mol. The first-order valence-corrected chi connectivity index (χ1v) is 9.38. The Hall–Kier alpha value is -1.73. The van der Waals surface area contributed by atoms with Crippen molar-refractivity contribution in [3.63, 3.8) is 0 Å². The van der Waals surface area contributed by atoms with Crippen molar-refractivity contribution in [2.75, 3.05) is 19.8 Å². The Morgan fingerprint density at radius 2 is 1.92 bits per heavy atom. The number of halogens is 2. The number of benzene rings is 2. The van der Waals surface area contributed by atoms with Crippen molar-refractivity contribution in [1.29, 1.82) is 0 Å². The Morgan fingerprint density at radius 3 is 2.68 bits per heavy atom. The molecule has 1 unspecified atom stereocenters. The maximum atomic E-state index is 12.2. The maximum Gasteiger partial charge on any atom is 0.258 e. The molecule has 1 heterocycles. The van der Waals surface area contributed by atoms with Crippen molar-refractivity contribution < 1.29 is 19.0 Å². The molecule has 0 aromatic heterocycles. The quantitative estimate of drug-likeness (QED) is 0.710. The van der Waals surface area contributed by atoms with Crippen molar-refractivity contribution in [2.45, 2.75) is 13.0 Å². The molecule has 0 aliphatic carbocycles. The minimum Gasteiger partial charge on any atom is -0.486 e. The normalized spacial score (nSPS) is 13.9. The fourth-order valence-electron chi connectivity index (χ4n) is 2.43.